The van der Waals surface area contributed by atoms with Crippen molar-refractivity contribution in [1.29, 1.82) is 0 Å². The number of carbonyl (C=O) groups is 1. The maximum Gasteiger partial charge on any atom is 0.272 e. The van der Waals surface area contributed by atoms with Crippen molar-refractivity contribution in [2.75, 3.05) is 5.32 Å². The molecule has 6 nitrogen and oxygen atoms in total. The van der Waals surface area contributed by atoms with E-state index in [1.54, 1.807) is 0 Å². The molecule has 0 saturated heterocycles. The van der Waals surface area contributed by atoms with Crippen LogP contribution in [-0.2, 0) is 10.3 Å². The van der Waals surface area contributed by atoms with Crippen LogP contribution < -0.4 is 5.32 Å². The molecule has 0 saturated carbocycles. The number of nitrogens with zero attached hydrogens (tertiary/aromatic N) is 2. The molecule has 4 aromatic rings. The topological polar surface area (TPSA) is 85.1 Å². The number of anilines is 1. The summed E-state index contributed by atoms with van der Waals surface area (Å²) < 4.78 is 0.960. The van der Waals surface area contributed by atoms with Gasteiger partial charge in [0.25, 0.3) is 5.54 Å². The molecule has 36 heavy (non-hydrogen) atoms. The minimum atomic E-state index is -1.32. The average molecular weight is 562 g/mol. The largest absolute Gasteiger partial charge is 0.302 e. The van der Waals surface area contributed by atoms with Gasteiger partial charge in [0.1, 0.15) is 0 Å². The average Bonchev–Trinajstić information content (AvgIpc) is 3.34. The van der Waals surface area contributed by atoms with Gasteiger partial charge >= 0.3 is 0 Å². The lowest BCUT2D eigenvalue weighted by atomic mass is 9.66. The summed E-state index contributed by atoms with van der Waals surface area (Å²) in [4.78, 5) is 30.3. The third kappa shape index (κ3) is 4.24. The quantitative estimate of drug-likeness (QED) is 0.188. The lowest BCUT2D eigenvalue weighted by molar-refractivity contribution is -0.568. The van der Waals surface area contributed by atoms with Crippen LogP contribution >= 0.6 is 27.3 Å². The molecular formula is C28H24BrN3O3S. The van der Waals surface area contributed by atoms with Gasteiger partial charge in [0.2, 0.25) is 5.91 Å². The zero-order valence-corrected chi connectivity index (χ0v) is 22.0. The number of rotatable bonds is 7. The van der Waals surface area contributed by atoms with Gasteiger partial charge in [0.05, 0.1) is 5.69 Å². The first-order valence-corrected chi connectivity index (χ1v) is 13.5. The molecule has 0 aliphatic heterocycles. The van der Waals surface area contributed by atoms with Gasteiger partial charge in [-0.15, -0.1) is 11.3 Å². The van der Waals surface area contributed by atoms with E-state index in [1.807, 2.05) is 85.1 Å². The lowest BCUT2D eigenvalue weighted by Crippen LogP contribution is -2.42. The molecule has 0 atom stereocenters. The smallest absolute Gasteiger partial charge is 0.272 e. The molecule has 3 aromatic carbocycles. The maximum absolute atomic E-state index is 13.2. The van der Waals surface area contributed by atoms with E-state index in [1.165, 1.54) is 11.3 Å². The summed E-state index contributed by atoms with van der Waals surface area (Å²) in [5, 5.41) is 18.0. The number of halogens is 1. The van der Waals surface area contributed by atoms with Crippen molar-refractivity contribution in [3.05, 3.63) is 115 Å². The molecule has 1 aromatic heterocycles. The highest BCUT2D eigenvalue weighted by Gasteiger charge is 2.52. The fraction of sp³-hybridized carbons (Fsp3) is 0.214. The number of nitro groups is 1. The van der Waals surface area contributed by atoms with Crippen molar-refractivity contribution < 1.29 is 9.72 Å². The second-order valence-electron chi connectivity index (χ2n) is 8.90. The van der Waals surface area contributed by atoms with Crippen LogP contribution in [0.2, 0.25) is 0 Å². The number of thiazole rings is 1. The molecular weight excluding hydrogens is 538 g/mol. The number of amides is 1. The molecule has 1 heterocycles. The summed E-state index contributed by atoms with van der Waals surface area (Å²) in [6.45, 7) is 1.96. The highest BCUT2D eigenvalue weighted by molar-refractivity contribution is 9.10. The van der Waals surface area contributed by atoms with Gasteiger partial charge in [-0.05, 0) is 29.7 Å². The van der Waals surface area contributed by atoms with Crippen molar-refractivity contribution in [3.63, 3.8) is 0 Å². The highest BCUT2D eigenvalue weighted by atomic mass is 79.9. The highest BCUT2D eigenvalue weighted by Crippen LogP contribution is 2.50. The van der Waals surface area contributed by atoms with E-state index < -0.39 is 5.54 Å². The minimum absolute atomic E-state index is 0.149. The van der Waals surface area contributed by atoms with Gasteiger partial charge in [0.15, 0.2) is 5.13 Å². The van der Waals surface area contributed by atoms with E-state index in [0.717, 1.165) is 26.9 Å². The molecule has 1 aliphatic rings. The third-order valence-electron chi connectivity index (χ3n) is 6.75. The van der Waals surface area contributed by atoms with E-state index in [9.17, 15) is 14.9 Å². The predicted molar refractivity (Wildman–Crippen MR) is 146 cm³/mol. The van der Waals surface area contributed by atoms with Crippen LogP contribution in [0.5, 0.6) is 0 Å². The predicted octanol–water partition coefficient (Wildman–Crippen LogP) is 7.37. The zero-order valence-electron chi connectivity index (χ0n) is 19.6. The number of hydrogen-bond donors (Lipinski definition) is 1. The van der Waals surface area contributed by atoms with Gasteiger partial charge in [0, 0.05) is 50.2 Å². The molecule has 5 rings (SSSR count). The van der Waals surface area contributed by atoms with Crippen LogP contribution in [0.1, 0.15) is 54.4 Å². The SMILES string of the molecule is CCCC1([N+](=O)[O-])c2ccccc2C(CC(=O)Nc2nc(-c3cccc(Br)c3)cs2)c2ccccc21. The second-order valence-corrected chi connectivity index (χ2v) is 10.7. The van der Waals surface area contributed by atoms with Crippen molar-refractivity contribution >= 4 is 38.3 Å². The van der Waals surface area contributed by atoms with E-state index in [-0.39, 0.29) is 23.2 Å². The van der Waals surface area contributed by atoms with Crippen LogP contribution in [-0.4, -0.2) is 15.8 Å². The lowest BCUT2D eigenvalue weighted by Gasteiger charge is -2.37. The summed E-state index contributed by atoms with van der Waals surface area (Å²) in [7, 11) is 0. The molecule has 1 N–H and O–H groups in total. The molecule has 8 heteroatoms. The molecule has 0 radical (unpaired) electrons. The van der Waals surface area contributed by atoms with E-state index in [4.69, 9.17) is 0 Å². The molecule has 0 fully saturated rings. The Bertz CT molecular complexity index is 1400. The van der Waals surface area contributed by atoms with Gasteiger partial charge in [-0.3, -0.25) is 14.9 Å². The Morgan fingerprint density at radius 2 is 1.75 bits per heavy atom. The third-order valence-corrected chi connectivity index (χ3v) is 8.00. The number of nitrogens with one attached hydrogen (secondary N) is 1. The van der Waals surface area contributed by atoms with Crippen LogP contribution in [0.15, 0.2) is 82.6 Å². The Morgan fingerprint density at radius 3 is 2.36 bits per heavy atom. The number of aromatic nitrogens is 1. The number of benzene rings is 3. The van der Waals surface area contributed by atoms with E-state index in [0.29, 0.717) is 29.1 Å². The standard InChI is InChI=1S/C28H24BrN3O3S/c1-2-14-28(32(34)35)23-12-5-3-10-20(23)22(21-11-4-6-13-24(21)28)16-26(33)31-27-30-25(17-36-27)18-8-7-9-19(29)15-18/h3-13,15,17,22H,2,14,16H2,1H3,(H,30,31,33). The van der Waals surface area contributed by atoms with Gasteiger partial charge in [-0.25, -0.2) is 4.98 Å². The van der Waals surface area contributed by atoms with Crippen molar-refractivity contribution in [3.8, 4) is 11.3 Å². The second kappa shape index (κ2) is 9.95. The molecule has 0 spiro atoms. The summed E-state index contributed by atoms with van der Waals surface area (Å²) >= 11 is 4.85. The van der Waals surface area contributed by atoms with Crippen LogP contribution in [0, 0.1) is 10.1 Å². The van der Waals surface area contributed by atoms with Gasteiger partial charge < -0.3 is 5.32 Å². The fourth-order valence-electron chi connectivity index (χ4n) is 5.27. The van der Waals surface area contributed by atoms with E-state index >= 15 is 0 Å². The van der Waals surface area contributed by atoms with Crippen LogP contribution in [0.4, 0.5) is 5.13 Å². The zero-order chi connectivity index (χ0) is 25.3. The first kappa shape index (κ1) is 24.3. The maximum atomic E-state index is 13.2. The Labute approximate surface area is 221 Å². The first-order chi connectivity index (χ1) is 17.4. The Balaban J connectivity index is 1.47. The molecule has 182 valence electrons. The summed E-state index contributed by atoms with van der Waals surface area (Å²) in [5.74, 6) is -0.462. The molecule has 1 aliphatic carbocycles. The monoisotopic (exact) mass is 561 g/mol. The summed E-state index contributed by atoms with van der Waals surface area (Å²) in [6, 6.07) is 22.8. The Morgan fingerprint density at radius 1 is 1.08 bits per heavy atom. The Kier molecular flexibility index (Phi) is 6.73. The minimum Gasteiger partial charge on any atom is -0.302 e. The van der Waals surface area contributed by atoms with E-state index in [2.05, 4.69) is 26.2 Å². The summed E-state index contributed by atoms with van der Waals surface area (Å²) in [5.41, 5.74) is 3.47. The molecule has 0 unspecified atom stereocenters. The number of fused-ring (bicyclic) bond motifs is 2. The molecule has 1 amide bonds. The van der Waals surface area contributed by atoms with Crippen LogP contribution in [0.25, 0.3) is 11.3 Å². The normalized spacial score (nSPS) is 18.2. The molecule has 0 bridgehead atoms. The Hall–Kier alpha value is -3.36. The van der Waals surface area contributed by atoms with Gasteiger partial charge in [-0.1, -0.05) is 83.5 Å². The van der Waals surface area contributed by atoms with Crippen molar-refractivity contribution in [1.82, 2.24) is 4.98 Å². The fourth-order valence-corrected chi connectivity index (χ4v) is 6.41. The van der Waals surface area contributed by atoms with Crippen LogP contribution in [0.3, 0.4) is 0 Å². The first-order valence-electron chi connectivity index (χ1n) is 11.8. The number of carbonyl (C=O) groups excluding carboxylic acids is 1. The van der Waals surface area contributed by atoms with Crippen molar-refractivity contribution in [2.24, 2.45) is 0 Å². The number of hydrogen-bond acceptors (Lipinski definition) is 5. The van der Waals surface area contributed by atoms with Gasteiger partial charge in [-0.2, -0.15) is 0 Å². The summed E-state index contributed by atoms with van der Waals surface area (Å²) in [6.07, 6.45) is 1.23. The van der Waals surface area contributed by atoms with Crippen molar-refractivity contribution in [2.45, 2.75) is 37.6 Å².